The van der Waals surface area contributed by atoms with Gasteiger partial charge in [0.2, 0.25) is 10.0 Å². The molecule has 0 saturated heterocycles. The van der Waals surface area contributed by atoms with E-state index in [4.69, 9.17) is 5.73 Å². The third kappa shape index (κ3) is 5.43. The number of thiophene rings is 1. The first-order valence-electron chi connectivity index (χ1n) is 6.29. The van der Waals surface area contributed by atoms with Crippen molar-refractivity contribution >= 4 is 33.1 Å². The van der Waals surface area contributed by atoms with Crippen LogP contribution < -0.4 is 10.5 Å². The van der Waals surface area contributed by atoms with E-state index in [9.17, 15) is 8.42 Å². The SMILES string of the molecule is CSCCCCCNS(=O)(=O)c1cc(C)c(CN)s1. The maximum Gasteiger partial charge on any atom is 0.250 e. The molecule has 0 bridgehead atoms. The lowest BCUT2D eigenvalue weighted by atomic mass is 10.2. The number of sulfonamides is 1. The van der Waals surface area contributed by atoms with E-state index < -0.39 is 10.0 Å². The molecule has 0 unspecified atom stereocenters. The Balaban J connectivity index is 2.47. The monoisotopic (exact) mass is 322 g/mol. The Labute approximate surface area is 124 Å². The standard InChI is InChI=1S/C12H22N2O2S3/c1-10-8-12(18-11(10)9-13)19(15,16)14-6-4-3-5-7-17-2/h8,14H,3-7,9,13H2,1-2H3. The summed E-state index contributed by atoms with van der Waals surface area (Å²) in [4.78, 5) is 0.931. The second kappa shape index (κ2) is 8.26. The fourth-order valence-corrected chi connectivity index (χ4v) is 4.73. The Kier molecular flexibility index (Phi) is 7.38. The molecule has 0 amide bonds. The Hall–Kier alpha value is -0.0800. The van der Waals surface area contributed by atoms with E-state index in [1.54, 1.807) is 6.07 Å². The van der Waals surface area contributed by atoms with Gasteiger partial charge in [0.1, 0.15) is 4.21 Å². The van der Waals surface area contributed by atoms with Gasteiger partial charge in [-0.15, -0.1) is 11.3 Å². The fraction of sp³-hybridized carbons (Fsp3) is 0.667. The van der Waals surface area contributed by atoms with Gasteiger partial charge in [0, 0.05) is 18.0 Å². The first-order chi connectivity index (χ1) is 9.01. The summed E-state index contributed by atoms with van der Waals surface area (Å²) in [7, 11) is -3.36. The van der Waals surface area contributed by atoms with E-state index in [2.05, 4.69) is 11.0 Å². The molecule has 19 heavy (non-hydrogen) atoms. The van der Waals surface area contributed by atoms with Crippen LogP contribution in [-0.4, -0.2) is 27.0 Å². The van der Waals surface area contributed by atoms with Crippen molar-refractivity contribution in [1.29, 1.82) is 0 Å². The quantitative estimate of drug-likeness (QED) is 0.684. The highest BCUT2D eigenvalue weighted by Gasteiger charge is 2.17. The minimum Gasteiger partial charge on any atom is -0.326 e. The molecule has 3 N–H and O–H groups in total. The summed E-state index contributed by atoms with van der Waals surface area (Å²) in [5.74, 6) is 1.14. The average molecular weight is 323 g/mol. The highest BCUT2D eigenvalue weighted by molar-refractivity contribution is 7.98. The van der Waals surface area contributed by atoms with Crippen LogP contribution >= 0.6 is 23.1 Å². The smallest absolute Gasteiger partial charge is 0.250 e. The number of thioether (sulfide) groups is 1. The lowest BCUT2D eigenvalue weighted by molar-refractivity contribution is 0.578. The van der Waals surface area contributed by atoms with Gasteiger partial charge >= 0.3 is 0 Å². The number of nitrogens with one attached hydrogen (secondary N) is 1. The van der Waals surface area contributed by atoms with E-state index >= 15 is 0 Å². The fourth-order valence-electron chi connectivity index (χ4n) is 1.65. The number of unbranched alkanes of at least 4 members (excludes halogenated alkanes) is 2. The van der Waals surface area contributed by atoms with Crippen LogP contribution in [0.2, 0.25) is 0 Å². The first-order valence-corrected chi connectivity index (χ1v) is 9.98. The molecule has 0 atom stereocenters. The second-order valence-corrected chi connectivity index (χ2v) is 8.44. The van der Waals surface area contributed by atoms with Crippen molar-refractivity contribution < 1.29 is 8.42 Å². The third-order valence-corrected chi connectivity index (χ3v) is 6.66. The van der Waals surface area contributed by atoms with Gasteiger partial charge in [0.25, 0.3) is 0 Å². The molecule has 0 aromatic carbocycles. The van der Waals surface area contributed by atoms with Crippen molar-refractivity contribution in [2.75, 3.05) is 18.6 Å². The zero-order valence-electron chi connectivity index (χ0n) is 11.4. The van der Waals surface area contributed by atoms with E-state index in [1.807, 2.05) is 18.7 Å². The summed E-state index contributed by atoms with van der Waals surface area (Å²) in [6.07, 6.45) is 5.16. The molecule has 0 aliphatic carbocycles. The third-order valence-electron chi connectivity index (χ3n) is 2.77. The summed E-state index contributed by atoms with van der Waals surface area (Å²) in [5.41, 5.74) is 6.52. The Morgan fingerprint density at radius 3 is 2.68 bits per heavy atom. The number of rotatable bonds is 9. The second-order valence-electron chi connectivity index (χ2n) is 4.33. The van der Waals surface area contributed by atoms with Gasteiger partial charge in [-0.2, -0.15) is 11.8 Å². The normalized spacial score (nSPS) is 11.9. The van der Waals surface area contributed by atoms with Gasteiger partial charge in [0.05, 0.1) is 0 Å². The zero-order chi connectivity index (χ0) is 14.3. The number of aryl methyl sites for hydroxylation is 1. The van der Waals surface area contributed by atoms with Crippen LogP contribution in [0.25, 0.3) is 0 Å². The molecule has 0 radical (unpaired) electrons. The van der Waals surface area contributed by atoms with Crippen molar-refractivity contribution in [2.24, 2.45) is 5.73 Å². The van der Waals surface area contributed by atoms with Crippen molar-refractivity contribution in [2.45, 2.75) is 36.9 Å². The minimum atomic E-state index is -3.36. The zero-order valence-corrected chi connectivity index (χ0v) is 13.9. The van der Waals surface area contributed by atoms with Crippen molar-refractivity contribution in [3.8, 4) is 0 Å². The predicted molar refractivity (Wildman–Crippen MR) is 84.4 cm³/mol. The predicted octanol–water partition coefficient (Wildman–Crippen LogP) is 2.33. The topological polar surface area (TPSA) is 72.2 Å². The maximum absolute atomic E-state index is 12.1. The molecule has 1 heterocycles. The molecular formula is C12H22N2O2S3. The number of hydrogen-bond donors (Lipinski definition) is 2. The lowest BCUT2D eigenvalue weighted by Gasteiger charge is -2.04. The molecular weight excluding hydrogens is 300 g/mol. The molecule has 0 saturated carbocycles. The lowest BCUT2D eigenvalue weighted by Crippen LogP contribution is -2.24. The van der Waals surface area contributed by atoms with Crippen LogP contribution in [0.3, 0.4) is 0 Å². The van der Waals surface area contributed by atoms with Gasteiger partial charge in [-0.05, 0) is 43.4 Å². The maximum atomic E-state index is 12.1. The highest BCUT2D eigenvalue weighted by atomic mass is 32.2. The van der Waals surface area contributed by atoms with Gasteiger partial charge < -0.3 is 5.73 Å². The Morgan fingerprint density at radius 1 is 1.37 bits per heavy atom. The minimum absolute atomic E-state index is 0.370. The molecule has 0 spiro atoms. The summed E-state index contributed by atoms with van der Waals surface area (Å²) in [6.45, 7) is 2.78. The summed E-state index contributed by atoms with van der Waals surface area (Å²) in [6, 6.07) is 1.70. The molecule has 1 aromatic heterocycles. The first kappa shape index (κ1) is 17.0. The Bertz CT molecular complexity index is 483. The average Bonchev–Trinajstić information content (AvgIpc) is 2.76. The molecule has 0 fully saturated rings. The van der Waals surface area contributed by atoms with E-state index in [0.717, 1.165) is 35.5 Å². The molecule has 1 aromatic rings. The van der Waals surface area contributed by atoms with Gasteiger partial charge in [-0.1, -0.05) is 6.42 Å². The molecule has 0 aliphatic heterocycles. The molecule has 110 valence electrons. The van der Waals surface area contributed by atoms with Crippen molar-refractivity contribution in [3.63, 3.8) is 0 Å². The Morgan fingerprint density at radius 2 is 2.11 bits per heavy atom. The van der Waals surface area contributed by atoms with Gasteiger partial charge in [-0.3, -0.25) is 0 Å². The van der Waals surface area contributed by atoms with Crippen LogP contribution in [0.15, 0.2) is 10.3 Å². The van der Waals surface area contributed by atoms with Crippen LogP contribution in [0.4, 0.5) is 0 Å². The van der Waals surface area contributed by atoms with Crippen molar-refractivity contribution in [3.05, 3.63) is 16.5 Å². The molecule has 1 rings (SSSR count). The van der Waals surface area contributed by atoms with E-state index in [1.165, 1.54) is 11.3 Å². The molecule has 7 heteroatoms. The molecule has 4 nitrogen and oxygen atoms in total. The number of hydrogen-bond acceptors (Lipinski definition) is 5. The van der Waals surface area contributed by atoms with E-state index in [-0.39, 0.29) is 0 Å². The van der Waals surface area contributed by atoms with Crippen LogP contribution in [0.1, 0.15) is 29.7 Å². The summed E-state index contributed by atoms with van der Waals surface area (Å²) < 4.78 is 27.1. The summed E-state index contributed by atoms with van der Waals surface area (Å²) >= 11 is 3.08. The van der Waals surface area contributed by atoms with E-state index in [0.29, 0.717) is 17.3 Å². The number of nitrogens with two attached hydrogens (primary N) is 1. The largest absolute Gasteiger partial charge is 0.326 e. The van der Waals surface area contributed by atoms with Crippen LogP contribution in [0.5, 0.6) is 0 Å². The van der Waals surface area contributed by atoms with Crippen LogP contribution in [-0.2, 0) is 16.6 Å². The van der Waals surface area contributed by atoms with Gasteiger partial charge in [-0.25, -0.2) is 13.1 Å². The molecule has 0 aliphatic rings. The van der Waals surface area contributed by atoms with Crippen LogP contribution in [0, 0.1) is 6.92 Å². The summed E-state index contributed by atoms with van der Waals surface area (Å²) in [5, 5.41) is 0. The van der Waals surface area contributed by atoms with Gasteiger partial charge in [0.15, 0.2) is 0 Å². The highest BCUT2D eigenvalue weighted by Crippen LogP contribution is 2.25. The van der Waals surface area contributed by atoms with Crippen molar-refractivity contribution in [1.82, 2.24) is 4.72 Å².